The van der Waals surface area contributed by atoms with Crippen molar-refractivity contribution in [3.05, 3.63) is 35.4 Å². The minimum absolute atomic E-state index is 0.0460. The highest BCUT2D eigenvalue weighted by Crippen LogP contribution is 2.43. The van der Waals surface area contributed by atoms with Crippen LogP contribution in [-0.4, -0.2) is 17.2 Å². The summed E-state index contributed by atoms with van der Waals surface area (Å²) in [4.78, 5) is 0. The van der Waals surface area contributed by atoms with Crippen LogP contribution in [0.3, 0.4) is 0 Å². The van der Waals surface area contributed by atoms with E-state index in [2.05, 4.69) is 58.9 Å². The highest BCUT2D eigenvalue weighted by Gasteiger charge is 2.47. The highest BCUT2D eigenvalue weighted by molar-refractivity contribution is 5.21. The first kappa shape index (κ1) is 15.5. The number of nitrogens with two attached hydrogens (primary N) is 1. The molecule has 0 amide bonds. The maximum absolute atomic E-state index is 6.47. The van der Waals surface area contributed by atoms with Gasteiger partial charge in [0.2, 0.25) is 0 Å². The summed E-state index contributed by atoms with van der Waals surface area (Å²) in [6, 6.07) is 8.97. The molecular weight excluding hydrogens is 246 g/mol. The highest BCUT2D eigenvalue weighted by atomic mass is 16.5. The molecule has 0 aromatic heterocycles. The van der Waals surface area contributed by atoms with Crippen LogP contribution in [-0.2, 0) is 11.2 Å². The summed E-state index contributed by atoms with van der Waals surface area (Å²) in [6.45, 7) is 10.8. The molecule has 0 radical (unpaired) electrons. The summed E-state index contributed by atoms with van der Waals surface area (Å²) in [7, 11) is 0. The second-order valence-electron chi connectivity index (χ2n) is 7.46. The molecule has 1 saturated heterocycles. The molecule has 2 unspecified atom stereocenters. The van der Waals surface area contributed by atoms with E-state index in [4.69, 9.17) is 10.5 Å². The van der Waals surface area contributed by atoms with Crippen molar-refractivity contribution in [2.45, 2.75) is 71.1 Å². The Kier molecular flexibility index (Phi) is 4.27. The number of rotatable bonds is 4. The van der Waals surface area contributed by atoms with Gasteiger partial charge in [-0.2, -0.15) is 0 Å². The van der Waals surface area contributed by atoms with Crippen LogP contribution < -0.4 is 5.73 Å². The molecule has 20 heavy (non-hydrogen) atoms. The largest absolute Gasteiger partial charge is 0.369 e. The summed E-state index contributed by atoms with van der Waals surface area (Å²) in [5.74, 6) is 0.433. The lowest BCUT2D eigenvalue weighted by Gasteiger charge is -2.31. The van der Waals surface area contributed by atoms with Gasteiger partial charge in [0.15, 0.2) is 0 Å². The van der Waals surface area contributed by atoms with E-state index in [9.17, 15) is 0 Å². The zero-order valence-electron chi connectivity index (χ0n) is 13.6. The van der Waals surface area contributed by atoms with E-state index >= 15 is 0 Å². The molecule has 1 heterocycles. The van der Waals surface area contributed by atoms with Crippen molar-refractivity contribution in [2.24, 2.45) is 11.7 Å². The van der Waals surface area contributed by atoms with Gasteiger partial charge in [-0.1, -0.05) is 29.8 Å². The van der Waals surface area contributed by atoms with Crippen molar-refractivity contribution in [1.82, 2.24) is 0 Å². The third-order valence-corrected chi connectivity index (χ3v) is 4.55. The van der Waals surface area contributed by atoms with E-state index in [1.807, 2.05) is 0 Å². The topological polar surface area (TPSA) is 35.2 Å². The van der Waals surface area contributed by atoms with Crippen molar-refractivity contribution in [1.29, 1.82) is 0 Å². The first-order valence-electron chi connectivity index (χ1n) is 7.71. The first-order chi connectivity index (χ1) is 9.20. The van der Waals surface area contributed by atoms with E-state index in [0.717, 1.165) is 19.3 Å². The van der Waals surface area contributed by atoms with E-state index in [-0.39, 0.29) is 17.2 Å². The molecular formula is C18H29NO. The number of hydrogen-bond donors (Lipinski definition) is 1. The maximum Gasteiger partial charge on any atom is 0.0677 e. The molecule has 0 spiro atoms. The predicted molar refractivity (Wildman–Crippen MR) is 84.8 cm³/mol. The van der Waals surface area contributed by atoms with Crippen molar-refractivity contribution in [2.75, 3.05) is 0 Å². The Morgan fingerprint density at radius 1 is 1.20 bits per heavy atom. The van der Waals surface area contributed by atoms with Gasteiger partial charge in [-0.25, -0.2) is 0 Å². The Hall–Kier alpha value is -0.860. The van der Waals surface area contributed by atoms with E-state index in [1.165, 1.54) is 11.1 Å². The molecule has 1 aromatic rings. The normalized spacial score (nSPS) is 25.6. The number of hydrogen-bond acceptors (Lipinski definition) is 2. The van der Waals surface area contributed by atoms with Crippen LogP contribution in [0.1, 0.15) is 51.7 Å². The molecule has 2 rings (SSSR count). The molecule has 1 aliphatic heterocycles. The third kappa shape index (κ3) is 3.62. The lowest BCUT2D eigenvalue weighted by molar-refractivity contribution is -0.0767. The van der Waals surface area contributed by atoms with Gasteiger partial charge in [0, 0.05) is 12.0 Å². The van der Waals surface area contributed by atoms with E-state index in [0.29, 0.717) is 5.92 Å². The lowest BCUT2D eigenvalue weighted by atomic mass is 9.80. The number of aryl methyl sites for hydroxylation is 2. The lowest BCUT2D eigenvalue weighted by Crippen LogP contribution is -2.41. The van der Waals surface area contributed by atoms with E-state index in [1.54, 1.807) is 0 Å². The van der Waals surface area contributed by atoms with Crippen molar-refractivity contribution in [3.63, 3.8) is 0 Å². The molecule has 2 nitrogen and oxygen atoms in total. The summed E-state index contributed by atoms with van der Waals surface area (Å²) < 4.78 is 6.16. The van der Waals surface area contributed by atoms with Gasteiger partial charge in [-0.3, -0.25) is 0 Å². The van der Waals surface area contributed by atoms with Crippen LogP contribution in [0.4, 0.5) is 0 Å². The molecule has 0 bridgehead atoms. The van der Waals surface area contributed by atoms with Crippen LogP contribution in [0.2, 0.25) is 0 Å². The Morgan fingerprint density at radius 2 is 1.80 bits per heavy atom. The summed E-state index contributed by atoms with van der Waals surface area (Å²) >= 11 is 0. The number of ether oxygens (including phenoxy) is 1. The molecule has 1 fully saturated rings. The molecule has 0 aliphatic carbocycles. The zero-order chi connectivity index (χ0) is 15.0. The Balaban J connectivity index is 1.95. The predicted octanol–water partition coefficient (Wildman–Crippen LogP) is 3.85. The van der Waals surface area contributed by atoms with Crippen LogP contribution in [0.5, 0.6) is 0 Å². The molecule has 0 saturated carbocycles. The average Bonchev–Trinajstić information content (AvgIpc) is 2.56. The Morgan fingerprint density at radius 3 is 2.30 bits per heavy atom. The monoisotopic (exact) mass is 275 g/mol. The van der Waals surface area contributed by atoms with Crippen molar-refractivity contribution >= 4 is 0 Å². The van der Waals surface area contributed by atoms with E-state index < -0.39 is 0 Å². The van der Waals surface area contributed by atoms with Gasteiger partial charge >= 0.3 is 0 Å². The van der Waals surface area contributed by atoms with Crippen LogP contribution in [0.25, 0.3) is 0 Å². The standard InChI is InChI=1S/C18H29NO/c1-13-6-8-14(9-7-13)10-11-16(19)15-12-17(2,3)20-18(15,4)5/h6-9,15-16H,10-12,19H2,1-5H3. The third-order valence-electron chi connectivity index (χ3n) is 4.55. The van der Waals surface area contributed by atoms with Gasteiger partial charge in [0.25, 0.3) is 0 Å². The number of benzene rings is 1. The smallest absolute Gasteiger partial charge is 0.0677 e. The quantitative estimate of drug-likeness (QED) is 0.906. The summed E-state index contributed by atoms with van der Waals surface area (Å²) in [5.41, 5.74) is 9.00. The zero-order valence-corrected chi connectivity index (χ0v) is 13.6. The van der Waals surface area contributed by atoms with Crippen LogP contribution in [0.15, 0.2) is 24.3 Å². The molecule has 112 valence electrons. The summed E-state index contributed by atoms with van der Waals surface area (Å²) in [6.07, 6.45) is 3.13. The maximum atomic E-state index is 6.47. The molecule has 1 aromatic carbocycles. The minimum atomic E-state index is -0.115. The second kappa shape index (κ2) is 5.50. The fourth-order valence-electron chi connectivity index (χ4n) is 3.56. The fourth-order valence-corrected chi connectivity index (χ4v) is 3.56. The van der Waals surface area contributed by atoms with Crippen molar-refractivity contribution in [3.8, 4) is 0 Å². The SMILES string of the molecule is Cc1ccc(CCC(N)C2CC(C)(C)OC2(C)C)cc1. The van der Waals surface area contributed by atoms with Crippen LogP contribution in [0, 0.1) is 12.8 Å². The minimum Gasteiger partial charge on any atom is -0.369 e. The fraction of sp³-hybridized carbons (Fsp3) is 0.667. The second-order valence-corrected chi connectivity index (χ2v) is 7.46. The van der Waals surface area contributed by atoms with Gasteiger partial charge < -0.3 is 10.5 Å². The van der Waals surface area contributed by atoms with Gasteiger partial charge in [0.1, 0.15) is 0 Å². The summed E-state index contributed by atoms with van der Waals surface area (Å²) in [5, 5.41) is 0. The molecule has 2 heteroatoms. The van der Waals surface area contributed by atoms with Gasteiger partial charge in [-0.15, -0.1) is 0 Å². The van der Waals surface area contributed by atoms with Gasteiger partial charge in [0.05, 0.1) is 11.2 Å². The van der Waals surface area contributed by atoms with Crippen molar-refractivity contribution < 1.29 is 4.74 Å². The van der Waals surface area contributed by atoms with Gasteiger partial charge in [-0.05, 0) is 59.4 Å². The molecule has 1 aliphatic rings. The Labute approximate surface area is 123 Å². The first-order valence-corrected chi connectivity index (χ1v) is 7.71. The average molecular weight is 275 g/mol. The van der Waals surface area contributed by atoms with Crippen LogP contribution >= 0.6 is 0 Å². The molecule has 2 atom stereocenters. The molecule has 2 N–H and O–H groups in total. The Bertz CT molecular complexity index is 447.